The molecule has 31 heavy (non-hydrogen) atoms. The first-order valence-electron chi connectivity index (χ1n) is 11.3. The Kier molecular flexibility index (Phi) is 10.1. The Hall–Kier alpha value is -2.76. The number of nitrogens with one attached hydrogen (secondary N) is 1. The van der Waals surface area contributed by atoms with Crippen LogP contribution in [0.1, 0.15) is 57.8 Å². The van der Waals surface area contributed by atoms with E-state index >= 15 is 0 Å². The van der Waals surface area contributed by atoms with Crippen molar-refractivity contribution in [3.63, 3.8) is 0 Å². The first kappa shape index (κ1) is 24.5. The first-order valence-corrected chi connectivity index (χ1v) is 11.3. The van der Waals surface area contributed by atoms with Crippen molar-refractivity contribution in [1.29, 1.82) is 0 Å². The zero-order valence-corrected chi connectivity index (χ0v) is 19.6. The minimum absolute atomic E-state index is 0.0427. The number of carbonyl (C=O) groups is 1. The summed E-state index contributed by atoms with van der Waals surface area (Å²) in [7, 11) is 3.58. The first-order chi connectivity index (χ1) is 15.0. The highest BCUT2D eigenvalue weighted by Crippen LogP contribution is 2.29. The smallest absolute Gasteiger partial charge is 0.244 e. The number of carbonyl (C=O) groups excluding carboxylic acids is 1. The van der Waals surface area contributed by atoms with Crippen molar-refractivity contribution in [2.75, 3.05) is 13.7 Å². The number of hydrogen-bond donors (Lipinski definition) is 1. The van der Waals surface area contributed by atoms with E-state index in [1.54, 1.807) is 25.5 Å². The lowest BCUT2D eigenvalue weighted by molar-refractivity contribution is -0.117. The predicted octanol–water partition coefficient (Wildman–Crippen LogP) is 4.78. The van der Waals surface area contributed by atoms with E-state index in [9.17, 15) is 4.79 Å². The van der Waals surface area contributed by atoms with Crippen molar-refractivity contribution < 1.29 is 14.3 Å². The summed E-state index contributed by atoms with van der Waals surface area (Å²) in [6.45, 7) is 6.79. The summed E-state index contributed by atoms with van der Waals surface area (Å²) in [5.41, 5.74) is 0.894. The van der Waals surface area contributed by atoms with Crippen LogP contribution in [0.2, 0.25) is 0 Å². The van der Waals surface area contributed by atoms with E-state index in [-0.39, 0.29) is 5.91 Å². The van der Waals surface area contributed by atoms with E-state index in [1.807, 2.05) is 49.9 Å². The van der Waals surface area contributed by atoms with Crippen LogP contribution in [0.4, 0.5) is 0 Å². The third-order valence-corrected chi connectivity index (χ3v) is 5.48. The standard InChI is InChI=1S/C23H31N3O3.C2H6/c1-17-4-8-19(9-5-17)25-23(27)11-7-18-6-10-20(21(16-18)28-3)29-15-12-22-24-13-14-26(22)2;1-2/h6-7,10-11,13-14,16-17,19H,4-5,8-9,12,15H2,1-3H3,(H,25,27);1-2H3. The lowest BCUT2D eigenvalue weighted by Crippen LogP contribution is -2.36. The lowest BCUT2D eigenvalue weighted by atomic mass is 9.87. The fourth-order valence-corrected chi connectivity index (χ4v) is 3.62. The molecule has 0 saturated heterocycles. The average molecular weight is 428 g/mol. The second kappa shape index (κ2) is 12.8. The summed E-state index contributed by atoms with van der Waals surface area (Å²) < 4.78 is 13.3. The van der Waals surface area contributed by atoms with Gasteiger partial charge in [0.05, 0.1) is 13.7 Å². The van der Waals surface area contributed by atoms with Crippen LogP contribution in [0, 0.1) is 5.92 Å². The molecular weight excluding hydrogens is 390 g/mol. The molecule has 6 nitrogen and oxygen atoms in total. The summed E-state index contributed by atoms with van der Waals surface area (Å²) >= 11 is 0. The Morgan fingerprint density at radius 3 is 2.61 bits per heavy atom. The molecule has 1 N–H and O–H groups in total. The van der Waals surface area contributed by atoms with E-state index in [4.69, 9.17) is 9.47 Å². The molecule has 1 aromatic heterocycles. The number of nitrogens with zero attached hydrogens (tertiary/aromatic N) is 2. The van der Waals surface area contributed by atoms with Gasteiger partial charge in [0.1, 0.15) is 5.82 Å². The number of methoxy groups -OCH3 is 1. The van der Waals surface area contributed by atoms with Crippen LogP contribution in [0.25, 0.3) is 6.08 Å². The number of imidazole rings is 1. The second-order valence-electron chi connectivity index (χ2n) is 7.76. The van der Waals surface area contributed by atoms with E-state index < -0.39 is 0 Å². The highest BCUT2D eigenvalue weighted by atomic mass is 16.5. The molecule has 0 unspecified atom stereocenters. The molecular formula is C25H37N3O3. The molecule has 170 valence electrons. The fraction of sp³-hybridized carbons (Fsp3) is 0.520. The highest BCUT2D eigenvalue weighted by molar-refractivity contribution is 5.92. The van der Waals surface area contributed by atoms with Gasteiger partial charge in [0, 0.05) is 38.0 Å². The molecule has 0 atom stereocenters. The number of benzene rings is 1. The Morgan fingerprint density at radius 1 is 1.23 bits per heavy atom. The molecule has 1 fully saturated rings. The Balaban J connectivity index is 0.00000166. The van der Waals surface area contributed by atoms with Crippen LogP contribution in [0.5, 0.6) is 11.5 Å². The Labute approximate surface area is 186 Å². The van der Waals surface area contributed by atoms with E-state index in [0.29, 0.717) is 30.6 Å². The van der Waals surface area contributed by atoms with Crippen molar-refractivity contribution in [3.8, 4) is 11.5 Å². The molecule has 1 aliphatic rings. The van der Waals surface area contributed by atoms with Gasteiger partial charge in [-0.3, -0.25) is 4.79 Å². The number of amides is 1. The molecule has 1 aliphatic carbocycles. The van der Waals surface area contributed by atoms with Gasteiger partial charge in [-0.15, -0.1) is 0 Å². The molecule has 1 aromatic carbocycles. The number of aromatic nitrogens is 2. The molecule has 6 heteroatoms. The van der Waals surface area contributed by atoms with E-state index in [0.717, 1.165) is 30.1 Å². The predicted molar refractivity (Wildman–Crippen MR) is 125 cm³/mol. The average Bonchev–Trinajstić information content (AvgIpc) is 3.20. The third kappa shape index (κ3) is 7.78. The summed E-state index contributed by atoms with van der Waals surface area (Å²) in [5, 5.41) is 3.11. The maximum atomic E-state index is 12.2. The van der Waals surface area contributed by atoms with E-state index in [2.05, 4.69) is 17.2 Å². The Morgan fingerprint density at radius 2 is 1.97 bits per heavy atom. The van der Waals surface area contributed by atoms with Crippen molar-refractivity contribution >= 4 is 12.0 Å². The summed E-state index contributed by atoms with van der Waals surface area (Å²) in [5.74, 6) is 3.03. The van der Waals surface area contributed by atoms with Crippen LogP contribution in [-0.2, 0) is 18.3 Å². The molecule has 0 bridgehead atoms. The van der Waals surface area contributed by atoms with Crippen LogP contribution < -0.4 is 14.8 Å². The van der Waals surface area contributed by atoms with Gasteiger partial charge in [-0.25, -0.2) is 4.98 Å². The van der Waals surface area contributed by atoms with Gasteiger partial charge in [-0.1, -0.05) is 26.8 Å². The molecule has 1 saturated carbocycles. The van der Waals surface area contributed by atoms with Crippen molar-refractivity contribution in [1.82, 2.24) is 14.9 Å². The quantitative estimate of drug-likeness (QED) is 0.616. The van der Waals surface area contributed by atoms with Gasteiger partial charge < -0.3 is 19.4 Å². The number of aryl methyl sites for hydroxylation is 1. The molecule has 0 spiro atoms. The zero-order valence-electron chi connectivity index (χ0n) is 19.6. The summed E-state index contributed by atoms with van der Waals surface area (Å²) in [6, 6.07) is 5.97. The molecule has 0 radical (unpaired) electrons. The number of rotatable bonds is 8. The normalized spacial score (nSPS) is 18.2. The summed E-state index contributed by atoms with van der Waals surface area (Å²) in [4.78, 5) is 16.5. The maximum absolute atomic E-state index is 12.2. The molecule has 1 amide bonds. The van der Waals surface area contributed by atoms with Crippen LogP contribution in [0.3, 0.4) is 0 Å². The molecule has 3 rings (SSSR count). The lowest BCUT2D eigenvalue weighted by Gasteiger charge is -2.26. The van der Waals surface area contributed by atoms with E-state index in [1.165, 1.54) is 12.8 Å². The van der Waals surface area contributed by atoms with Crippen LogP contribution in [0.15, 0.2) is 36.7 Å². The number of ether oxygens (including phenoxy) is 2. The van der Waals surface area contributed by atoms with Gasteiger partial charge in [-0.05, 0) is 55.4 Å². The van der Waals surface area contributed by atoms with Crippen LogP contribution >= 0.6 is 0 Å². The largest absolute Gasteiger partial charge is 0.493 e. The monoisotopic (exact) mass is 427 g/mol. The molecule has 1 heterocycles. The van der Waals surface area contributed by atoms with Gasteiger partial charge >= 0.3 is 0 Å². The van der Waals surface area contributed by atoms with Gasteiger partial charge in [-0.2, -0.15) is 0 Å². The van der Waals surface area contributed by atoms with Crippen molar-refractivity contribution in [3.05, 3.63) is 48.1 Å². The molecule has 0 aliphatic heterocycles. The Bertz CT molecular complexity index is 836. The summed E-state index contributed by atoms with van der Waals surface area (Å²) in [6.07, 6.45) is 12.3. The maximum Gasteiger partial charge on any atom is 0.244 e. The van der Waals surface area contributed by atoms with Gasteiger partial charge in [0.15, 0.2) is 11.5 Å². The topological polar surface area (TPSA) is 65.4 Å². The van der Waals surface area contributed by atoms with Gasteiger partial charge in [0.25, 0.3) is 0 Å². The minimum Gasteiger partial charge on any atom is -0.493 e. The SMILES string of the molecule is CC.COc1cc(C=CC(=O)NC2CCC(C)CC2)ccc1OCCc1nccn1C. The van der Waals surface area contributed by atoms with Crippen molar-refractivity contribution in [2.45, 2.75) is 58.9 Å². The number of hydrogen-bond acceptors (Lipinski definition) is 4. The second-order valence-corrected chi connectivity index (χ2v) is 7.76. The van der Waals surface area contributed by atoms with Gasteiger partial charge in [0.2, 0.25) is 5.91 Å². The van der Waals surface area contributed by atoms with Crippen molar-refractivity contribution in [2.24, 2.45) is 13.0 Å². The third-order valence-electron chi connectivity index (χ3n) is 5.48. The molecule has 2 aromatic rings. The zero-order chi connectivity index (χ0) is 22.6. The van der Waals surface area contributed by atoms with Crippen LogP contribution in [-0.4, -0.2) is 35.2 Å². The minimum atomic E-state index is -0.0427. The fourth-order valence-electron chi connectivity index (χ4n) is 3.62. The highest BCUT2D eigenvalue weighted by Gasteiger charge is 2.18.